The van der Waals surface area contributed by atoms with Crippen molar-refractivity contribution in [1.82, 2.24) is 4.98 Å². The van der Waals surface area contributed by atoms with Crippen LogP contribution in [0.1, 0.15) is 27.6 Å². The Hall–Kier alpha value is -3.67. The van der Waals surface area contributed by atoms with E-state index in [0.717, 1.165) is 11.4 Å². The van der Waals surface area contributed by atoms with Gasteiger partial charge in [0, 0.05) is 42.9 Å². The fourth-order valence-corrected chi connectivity index (χ4v) is 2.58. The van der Waals surface area contributed by atoms with Crippen LogP contribution in [0.2, 0.25) is 0 Å². The van der Waals surface area contributed by atoms with Crippen LogP contribution < -0.4 is 15.5 Å². The highest BCUT2D eigenvalue weighted by Gasteiger charge is 2.08. The van der Waals surface area contributed by atoms with E-state index in [1.54, 1.807) is 36.4 Å². The minimum atomic E-state index is -0.259. The first-order valence-electron chi connectivity index (χ1n) is 8.85. The van der Waals surface area contributed by atoms with Gasteiger partial charge in [-0.05, 0) is 67.6 Å². The minimum Gasteiger partial charge on any atom is -0.378 e. The molecule has 0 unspecified atom stereocenters. The molecule has 0 fully saturated rings. The Bertz CT molecular complexity index is 963. The molecule has 0 atom stereocenters. The maximum atomic E-state index is 12.4. The molecule has 0 spiro atoms. The van der Waals surface area contributed by atoms with Gasteiger partial charge >= 0.3 is 0 Å². The van der Waals surface area contributed by atoms with Gasteiger partial charge in [-0.3, -0.25) is 9.59 Å². The highest BCUT2D eigenvalue weighted by atomic mass is 16.1. The molecule has 2 N–H and O–H groups in total. The third-order valence-electron chi connectivity index (χ3n) is 4.23. The lowest BCUT2D eigenvalue weighted by Gasteiger charge is -2.13. The second-order valence-electron chi connectivity index (χ2n) is 6.59. The monoisotopic (exact) mass is 374 g/mol. The summed E-state index contributed by atoms with van der Waals surface area (Å²) in [6.07, 6.45) is 1.52. The number of ketones is 1. The summed E-state index contributed by atoms with van der Waals surface area (Å²) in [6, 6.07) is 18.2. The van der Waals surface area contributed by atoms with Gasteiger partial charge in [0.25, 0.3) is 5.91 Å². The Morgan fingerprint density at radius 2 is 1.43 bits per heavy atom. The molecule has 2 aromatic carbocycles. The normalized spacial score (nSPS) is 10.2. The van der Waals surface area contributed by atoms with Crippen molar-refractivity contribution < 1.29 is 9.59 Å². The molecule has 28 heavy (non-hydrogen) atoms. The number of amides is 1. The smallest absolute Gasteiger partial charge is 0.257 e. The lowest BCUT2D eigenvalue weighted by atomic mass is 10.1. The fraction of sp³-hybridized carbons (Fsp3) is 0.136. The van der Waals surface area contributed by atoms with Gasteiger partial charge < -0.3 is 15.5 Å². The van der Waals surface area contributed by atoms with E-state index >= 15 is 0 Å². The average molecular weight is 374 g/mol. The first-order valence-corrected chi connectivity index (χ1v) is 8.85. The molecule has 6 heteroatoms. The van der Waals surface area contributed by atoms with Gasteiger partial charge in [-0.25, -0.2) is 4.98 Å². The third-order valence-corrected chi connectivity index (χ3v) is 4.23. The van der Waals surface area contributed by atoms with Crippen LogP contribution in [0.25, 0.3) is 0 Å². The number of nitrogens with zero attached hydrogens (tertiary/aromatic N) is 2. The number of rotatable bonds is 6. The van der Waals surface area contributed by atoms with Gasteiger partial charge in [0.15, 0.2) is 5.78 Å². The molecular formula is C22H22N4O2. The summed E-state index contributed by atoms with van der Waals surface area (Å²) in [4.78, 5) is 30.0. The molecule has 0 bridgehead atoms. The van der Waals surface area contributed by atoms with E-state index in [9.17, 15) is 9.59 Å². The van der Waals surface area contributed by atoms with E-state index < -0.39 is 0 Å². The molecule has 0 aliphatic carbocycles. The maximum Gasteiger partial charge on any atom is 0.257 e. The summed E-state index contributed by atoms with van der Waals surface area (Å²) in [5.74, 6) is 0.381. The Labute approximate surface area is 164 Å². The van der Waals surface area contributed by atoms with E-state index in [1.165, 1.54) is 13.1 Å². The molecule has 0 radical (unpaired) electrons. The Kier molecular flexibility index (Phi) is 5.69. The van der Waals surface area contributed by atoms with Crippen molar-refractivity contribution in [3.05, 3.63) is 78.0 Å². The van der Waals surface area contributed by atoms with E-state index in [0.29, 0.717) is 22.6 Å². The molecule has 1 aromatic heterocycles. The quantitative estimate of drug-likeness (QED) is 0.628. The molecule has 3 aromatic rings. The Morgan fingerprint density at radius 3 is 1.96 bits per heavy atom. The van der Waals surface area contributed by atoms with Crippen LogP contribution in [0.4, 0.5) is 22.9 Å². The minimum absolute atomic E-state index is 0.0125. The molecule has 0 aliphatic rings. The van der Waals surface area contributed by atoms with Gasteiger partial charge in [0.05, 0.1) is 5.56 Å². The zero-order valence-electron chi connectivity index (χ0n) is 16.1. The first kappa shape index (κ1) is 19.1. The summed E-state index contributed by atoms with van der Waals surface area (Å²) in [6.45, 7) is 1.51. The largest absolute Gasteiger partial charge is 0.378 e. The number of hydrogen-bond acceptors (Lipinski definition) is 5. The summed E-state index contributed by atoms with van der Waals surface area (Å²) in [5.41, 5.74) is 3.71. The number of aromatic nitrogens is 1. The lowest BCUT2D eigenvalue weighted by molar-refractivity contribution is 0.101. The first-order chi connectivity index (χ1) is 13.4. The van der Waals surface area contributed by atoms with Crippen molar-refractivity contribution in [3.63, 3.8) is 0 Å². The van der Waals surface area contributed by atoms with Gasteiger partial charge in [-0.2, -0.15) is 0 Å². The molecule has 0 saturated heterocycles. The van der Waals surface area contributed by atoms with E-state index in [-0.39, 0.29) is 11.7 Å². The number of hydrogen-bond donors (Lipinski definition) is 2. The van der Waals surface area contributed by atoms with E-state index in [1.807, 2.05) is 43.3 Å². The molecule has 0 saturated carbocycles. The van der Waals surface area contributed by atoms with Gasteiger partial charge in [0.2, 0.25) is 0 Å². The van der Waals surface area contributed by atoms with Crippen LogP contribution in [-0.4, -0.2) is 30.8 Å². The van der Waals surface area contributed by atoms with Gasteiger partial charge in [0.1, 0.15) is 5.82 Å². The van der Waals surface area contributed by atoms with Crippen LogP contribution in [0.3, 0.4) is 0 Å². The predicted octanol–water partition coefficient (Wildman–Crippen LogP) is 4.35. The zero-order chi connectivity index (χ0) is 20.1. The fourth-order valence-electron chi connectivity index (χ4n) is 2.58. The van der Waals surface area contributed by atoms with Gasteiger partial charge in [-0.15, -0.1) is 0 Å². The molecule has 6 nitrogen and oxygen atoms in total. The molecule has 1 amide bonds. The molecule has 142 valence electrons. The number of anilines is 4. The predicted molar refractivity (Wildman–Crippen MR) is 113 cm³/mol. The number of benzene rings is 2. The second-order valence-corrected chi connectivity index (χ2v) is 6.59. The Morgan fingerprint density at radius 1 is 0.821 bits per heavy atom. The SMILES string of the molecule is CC(=O)c1ccc(NC(=O)c2ccc(Nc3ccc(N(C)C)cc3)nc2)cc1. The second kappa shape index (κ2) is 8.35. The lowest BCUT2D eigenvalue weighted by Crippen LogP contribution is -2.12. The van der Waals surface area contributed by atoms with Crippen molar-refractivity contribution in [2.75, 3.05) is 29.6 Å². The molecule has 1 heterocycles. The van der Waals surface area contributed by atoms with Crippen molar-refractivity contribution in [2.24, 2.45) is 0 Å². The van der Waals surface area contributed by atoms with Crippen LogP contribution in [-0.2, 0) is 0 Å². The van der Waals surface area contributed by atoms with Gasteiger partial charge in [-0.1, -0.05) is 0 Å². The van der Waals surface area contributed by atoms with Crippen molar-refractivity contribution in [2.45, 2.75) is 6.92 Å². The number of carbonyl (C=O) groups excluding carboxylic acids is 2. The summed E-state index contributed by atoms with van der Waals surface area (Å²) < 4.78 is 0. The molecule has 3 rings (SSSR count). The highest BCUT2D eigenvalue weighted by Crippen LogP contribution is 2.19. The topological polar surface area (TPSA) is 74.3 Å². The van der Waals surface area contributed by atoms with Crippen LogP contribution in [0, 0.1) is 0 Å². The number of Topliss-reactive ketones (excluding diaryl/α,β-unsaturated/α-hetero) is 1. The average Bonchev–Trinajstić information content (AvgIpc) is 2.69. The zero-order valence-corrected chi connectivity index (χ0v) is 16.1. The summed E-state index contributed by atoms with van der Waals surface area (Å²) in [5, 5.41) is 6.00. The van der Waals surface area contributed by atoms with Crippen molar-refractivity contribution >= 4 is 34.6 Å². The molecular weight excluding hydrogens is 352 g/mol. The number of nitrogens with one attached hydrogen (secondary N) is 2. The summed E-state index contributed by atoms with van der Waals surface area (Å²) in [7, 11) is 3.98. The Balaban J connectivity index is 1.63. The molecule has 0 aliphatic heterocycles. The van der Waals surface area contributed by atoms with Crippen molar-refractivity contribution in [1.29, 1.82) is 0 Å². The van der Waals surface area contributed by atoms with Crippen LogP contribution in [0.15, 0.2) is 66.9 Å². The van der Waals surface area contributed by atoms with Crippen LogP contribution in [0.5, 0.6) is 0 Å². The number of carbonyl (C=O) groups is 2. The van der Waals surface area contributed by atoms with E-state index in [4.69, 9.17) is 0 Å². The number of pyridine rings is 1. The maximum absolute atomic E-state index is 12.4. The van der Waals surface area contributed by atoms with Crippen LogP contribution >= 0.6 is 0 Å². The standard InChI is InChI=1S/C22H22N4O2/c1-15(27)16-4-7-19(8-5-16)25-22(28)17-6-13-21(23-14-17)24-18-9-11-20(12-10-18)26(2)3/h4-14H,1-3H3,(H,23,24)(H,25,28). The van der Waals surface area contributed by atoms with Crippen molar-refractivity contribution in [3.8, 4) is 0 Å². The third kappa shape index (κ3) is 4.73. The summed E-state index contributed by atoms with van der Waals surface area (Å²) >= 11 is 0. The highest BCUT2D eigenvalue weighted by molar-refractivity contribution is 6.04. The van der Waals surface area contributed by atoms with E-state index in [2.05, 4.69) is 15.6 Å².